The van der Waals surface area contributed by atoms with E-state index < -0.39 is 5.60 Å². The number of benzene rings is 1. The van der Waals surface area contributed by atoms with Crippen molar-refractivity contribution in [1.82, 2.24) is 0 Å². The lowest BCUT2D eigenvalue weighted by molar-refractivity contribution is 0.0317. The summed E-state index contributed by atoms with van der Waals surface area (Å²) >= 11 is 0. The maximum absolute atomic E-state index is 10.4. The van der Waals surface area contributed by atoms with Gasteiger partial charge in [0.2, 0.25) is 0 Å². The van der Waals surface area contributed by atoms with Gasteiger partial charge in [0, 0.05) is 6.42 Å². The molecule has 16 heavy (non-hydrogen) atoms. The first-order chi connectivity index (χ1) is 7.64. The number of rotatable bonds is 2. The monoisotopic (exact) mass is 215 g/mol. The second-order valence-electron chi connectivity index (χ2n) is 3.97. The molecule has 1 unspecified atom stereocenters. The van der Waals surface area contributed by atoms with E-state index in [1.54, 1.807) is 31.2 Å². The Bertz CT molecular complexity index is 469. The Hall–Kier alpha value is -1.79. The van der Waals surface area contributed by atoms with Gasteiger partial charge >= 0.3 is 0 Å². The summed E-state index contributed by atoms with van der Waals surface area (Å²) in [6.07, 6.45) is 2.71. The topological polar surface area (TPSA) is 53.2 Å². The molecule has 0 saturated heterocycles. The first-order valence-corrected chi connectivity index (χ1v) is 5.21. The van der Waals surface area contributed by atoms with Gasteiger partial charge in [-0.05, 0) is 30.7 Å². The van der Waals surface area contributed by atoms with Gasteiger partial charge in [-0.3, -0.25) is 0 Å². The zero-order valence-corrected chi connectivity index (χ0v) is 9.10. The second kappa shape index (κ2) is 3.99. The summed E-state index contributed by atoms with van der Waals surface area (Å²) in [6, 6.07) is 9.01. The molecular formula is C13H13NO2. The fraction of sp³-hybridized carbons (Fsp3) is 0.308. The van der Waals surface area contributed by atoms with Crippen LogP contribution >= 0.6 is 0 Å². The van der Waals surface area contributed by atoms with Crippen molar-refractivity contribution in [2.24, 2.45) is 0 Å². The average Bonchev–Trinajstić information content (AvgIpc) is 2.83. The summed E-state index contributed by atoms with van der Waals surface area (Å²) in [5.41, 5.74) is 0.0691. The first-order valence-electron chi connectivity index (χ1n) is 5.21. The number of ether oxygens (including phenoxy) is 1. The van der Waals surface area contributed by atoms with E-state index in [-0.39, 0.29) is 0 Å². The van der Waals surface area contributed by atoms with E-state index in [9.17, 15) is 5.11 Å². The molecule has 82 valence electrons. The maximum atomic E-state index is 10.4. The van der Waals surface area contributed by atoms with Gasteiger partial charge in [0.25, 0.3) is 0 Å². The summed E-state index contributed by atoms with van der Waals surface area (Å²) in [5.74, 6) is 0.572. The molecule has 1 aromatic rings. The molecule has 1 aliphatic heterocycles. The van der Waals surface area contributed by atoms with Gasteiger partial charge in [-0.1, -0.05) is 12.1 Å². The quantitative estimate of drug-likeness (QED) is 0.821. The zero-order chi connectivity index (χ0) is 11.6. The molecule has 3 nitrogen and oxygen atoms in total. The van der Waals surface area contributed by atoms with Crippen LogP contribution < -0.4 is 0 Å². The van der Waals surface area contributed by atoms with Gasteiger partial charge in [-0.2, -0.15) is 5.26 Å². The predicted molar refractivity (Wildman–Crippen MR) is 59.4 cm³/mol. The van der Waals surface area contributed by atoms with E-state index in [2.05, 4.69) is 6.07 Å². The van der Waals surface area contributed by atoms with E-state index in [4.69, 9.17) is 10.00 Å². The van der Waals surface area contributed by atoms with E-state index >= 15 is 0 Å². The molecule has 1 heterocycles. The van der Waals surface area contributed by atoms with Gasteiger partial charge in [0.15, 0.2) is 0 Å². The highest BCUT2D eigenvalue weighted by atomic mass is 16.5. The van der Waals surface area contributed by atoms with Crippen LogP contribution in [-0.2, 0) is 10.3 Å². The zero-order valence-electron chi connectivity index (χ0n) is 9.10. The molecule has 0 amide bonds. The summed E-state index contributed by atoms with van der Waals surface area (Å²) in [7, 11) is 0. The molecular weight excluding hydrogens is 202 g/mol. The highest BCUT2D eigenvalue weighted by Crippen LogP contribution is 2.32. The SMILES string of the molecule is CC(O)(C1=CCCO1)c1cccc(C#N)c1. The minimum atomic E-state index is -1.15. The number of nitriles is 1. The van der Waals surface area contributed by atoms with Gasteiger partial charge in [-0.15, -0.1) is 0 Å². The molecule has 0 radical (unpaired) electrons. The maximum Gasteiger partial charge on any atom is 0.143 e. The van der Waals surface area contributed by atoms with Crippen molar-refractivity contribution in [1.29, 1.82) is 5.26 Å². The molecule has 1 aliphatic rings. The van der Waals surface area contributed by atoms with Gasteiger partial charge in [0.05, 0.1) is 18.2 Å². The third-order valence-corrected chi connectivity index (χ3v) is 2.74. The third-order valence-electron chi connectivity index (χ3n) is 2.74. The molecule has 1 aromatic carbocycles. The van der Waals surface area contributed by atoms with Crippen molar-refractivity contribution < 1.29 is 9.84 Å². The highest BCUT2D eigenvalue weighted by molar-refractivity contribution is 5.38. The van der Waals surface area contributed by atoms with Crippen molar-refractivity contribution in [2.45, 2.75) is 18.9 Å². The molecule has 2 rings (SSSR count). The van der Waals surface area contributed by atoms with Gasteiger partial charge in [0.1, 0.15) is 11.4 Å². The Kier molecular flexibility index (Phi) is 2.67. The molecule has 0 fully saturated rings. The Balaban J connectivity index is 2.38. The van der Waals surface area contributed by atoms with Gasteiger partial charge < -0.3 is 9.84 Å². The van der Waals surface area contributed by atoms with Crippen LogP contribution in [-0.4, -0.2) is 11.7 Å². The predicted octanol–water partition coefficient (Wildman–Crippen LogP) is 2.07. The summed E-state index contributed by atoms with van der Waals surface area (Å²) in [4.78, 5) is 0. The van der Waals surface area contributed by atoms with E-state index in [0.717, 1.165) is 6.42 Å². The average molecular weight is 215 g/mol. The van der Waals surface area contributed by atoms with Crippen LogP contribution in [0.3, 0.4) is 0 Å². The molecule has 0 aliphatic carbocycles. The minimum Gasteiger partial charge on any atom is -0.495 e. The molecule has 3 heteroatoms. The van der Waals surface area contributed by atoms with Gasteiger partial charge in [-0.25, -0.2) is 0 Å². The summed E-state index contributed by atoms with van der Waals surface area (Å²) in [6.45, 7) is 2.30. The Labute approximate surface area is 94.6 Å². The lowest BCUT2D eigenvalue weighted by Gasteiger charge is -2.24. The summed E-state index contributed by atoms with van der Waals surface area (Å²) in [5, 5.41) is 19.2. The van der Waals surface area contributed by atoms with Crippen molar-refractivity contribution in [3.05, 3.63) is 47.2 Å². The minimum absolute atomic E-state index is 0.538. The molecule has 1 atom stereocenters. The van der Waals surface area contributed by atoms with E-state index in [1.807, 2.05) is 6.08 Å². The molecule has 0 saturated carbocycles. The largest absolute Gasteiger partial charge is 0.495 e. The van der Waals surface area contributed by atoms with E-state index in [1.165, 1.54) is 0 Å². The number of hydrogen-bond donors (Lipinski definition) is 1. The second-order valence-corrected chi connectivity index (χ2v) is 3.97. The van der Waals surface area contributed by atoms with E-state index in [0.29, 0.717) is 23.5 Å². The third kappa shape index (κ3) is 1.80. The fourth-order valence-corrected chi connectivity index (χ4v) is 1.79. The molecule has 1 N–H and O–H groups in total. The van der Waals surface area contributed by atoms with Crippen LogP contribution in [0.15, 0.2) is 36.1 Å². The van der Waals surface area contributed by atoms with Crippen LogP contribution in [0.25, 0.3) is 0 Å². The molecule has 0 aromatic heterocycles. The Morgan fingerprint density at radius 2 is 2.31 bits per heavy atom. The first kappa shape index (κ1) is 10.7. The Morgan fingerprint density at radius 1 is 1.50 bits per heavy atom. The standard InChI is InChI=1S/C13H13NO2/c1-13(15,12-6-3-7-16-12)11-5-2-4-10(8-11)9-14/h2,4-6,8,15H,3,7H2,1H3. The fourth-order valence-electron chi connectivity index (χ4n) is 1.79. The molecule has 0 bridgehead atoms. The normalized spacial score (nSPS) is 18.2. The van der Waals surface area contributed by atoms with Crippen LogP contribution in [0.1, 0.15) is 24.5 Å². The van der Waals surface area contributed by atoms with Crippen molar-refractivity contribution in [2.75, 3.05) is 6.61 Å². The Morgan fingerprint density at radius 3 is 2.94 bits per heavy atom. The van der Waals surface area contributed by atoms with Crippen molar-refractivity contribution >= 4 is 0 Å². The van der Waals surface area contributed by atoms with Crippen LogP contribution in [0.4, 0.5) is 0 Å². The van der Waals surface area contributed by atoms with Crippen molar-refractivity contribution in [3.8, 4) is 6.07 Å². The van der Waals surface area contributed by atoms with Crippen LogP contribution in [0.5, 0.6) is 0 Å². The van der Waals surface area contributed by atoms with Crippen LogP contribution in [0, 0.1) is 11.3 Å². The number of aliphatic hydroxyl groups is 1. The highest BCUT2D eigenvalue weighted by Gasteiger charge is 2.31. The van der Waals surface area contributed by atoms with Crippen LogP contribution in [0.2, 0.25) is 0 Å². The lowest BCUT2D eigenvalue weighted by atomic mass is 9.92. The number of hydrogen-bond acceptors (Lipinski definition) is 3. The van der Waals surface area contributed by atoms with Crippen molar-refractivity contribution in [3.63, 3.8) is 0 Å². The summed E-state index contributed by atoms with van der Waals surface area (Å²) < 4.78 is 5.37. The lowest BCUT2D eigenvalue weighted by Crippen LogP contribution is -2.24. The number of nitrogens with zero attached hydrogens (tertiary/aromatic N) is 1. The molecule has 0 spiro atoms. The smallest absolute Gasteiger partial charge is 0.143 e.